The molecule has 0 amide bonds. The summed E-state index contributed by atoms with van der Waals surface area (Å²) in [6, 6.07) is 33.8. The Labute approximate surface area is 160 Å². The van der Waals surface area contributed by atoms with Crippen molar-refractivity contribution < 1.29 is 0 Å². The van der Waals surface area contributed by atoms with Crippen molar-refractivity contribution in [3.8, 4) is 11.1 Å². The predicted octanol–water partition coefficient (Wildman–Crippen LogP) is 5.96. The average Bonchev–Trinajstić information content (AvgIpc) is 2.75. The Balaban J connectivity index is 1.74. The molecule has 4 aromatic rings. The van der Waals surface area contributed by atoms with Gasteiger partial charge in [-0.1, -0.05) is 91.0 Å². The zero-order valence-corrected chi connectivity index (χ0v) is 15.2. The number of hydrogen-bond acceptors (Lipinski definition) is 2. The van der Waals surface area contributed by atoms with Gasteiger partial charge in [-0.3, -0.25) is 4.98 Å². The van der Waals surface area contributed by atoms with Crippen LogP contribution in [-0.2, 0) is 13.1 Å². The Morgan fingerprint density at radius 1 is 0.593 bits per heavy atom. The summed E-state index contributed by atoms with van der Waals surface area (Å²) in [6.07, 6.45) is 3.85. The smallest absolute Gasteiger partial charge is 0.0638 e. The summed E-state index contributed by atoms with van der Waals surface area (Å²) in [4.78, 5) is 6.84. The van der Waals surface area contributed by atoms with Crippen molar-refractivity contribution in [1.29, 1.82) is 0 Å². The Morgan fingerprint density at radius 3 is 1.67 bits per heavy atom. The second-order valence-electron chi connectivity index (χ2n) is 6.59. The fourth-order valence-electron chi connectivity index (χ4n) is 3.33. The first-order valence-electron chi connectivity index (χ1n) is 9.22. The van der Waals surface area contributed by atoms with Gasteiger partial charge in [0.25, 0.3) is 0 Å². The van der Waals surface area contributed by atoms with E-state index in [0.29, 0.717) is 0 Å². The van der Waals surface area contributed by atoms with E-state index in [0.717, 1.165) is 18.8 Å². The first kappa shape index (κ1) is 17.0. The van der Waals surface area contributed by atoms with Crippen LogP contribution in [0.4, 0.5) is 5.69 Å². The molecule has 0 bridgehead atoms. The van der Waals surface area contributed by atoms with Crippen LogP contribution in [0.5, 0.6) is 0 Å². The highest BCUT2D eigenvalue weighted by molar-refractivity contribution is 5.77. The van der Waals surface area contributed by atoms with Gasteiger partial charge in [0, 0.05) is 24.8 Å². The highest BCUT2D eigenvalue weighted by Crippen LogP contribution is 2.31. The second-order valence-corrected chi connectivity index (χ2v) is 6.59. The van der Waals surface area contributed by atoms with Gasteiger partial charge in [0.2, 0.25) is 0 Å². The molecule has 0 atom stereocenters. The minimum atomic E-state index is 0.835. The molecule has 0 N–H and O–H groups in total. The number of hydrogen-bond donors (Lipinski definition) is 0. The molecule has 4 rings (SSSR count). The van der Waals surface area contributed by atoms with Crippen LogP contribution >= 0.6 is 0 Å². The summed E-state index contributed by atoms with van der Waals surface area (Å²) in [5, 5.41) is 0. The fraction of sp³-hybridized carbons (Fsp3) is 0.0800. The van der Waals surface area contributed by atoms with Crippen LogP contribution in [0.1, 0.15) is 11.1 Å². The van der Waals surface area contributed by atoms with E-state index in [1.807, 2.05) is 12.4 Å². The molecule has 27 heavy (non-hydrogen) atoms. The van der Waals surface area contributed by atoms with Crippen LogP contribution in [0, 0.1) is 0 Å². The average molecular weight is 350 g/mol. The lowest BCUT2D eigenvalue weighted by molar-refractivity contribution is 0.798. The molecule has 0 spiro atoms. The van der Waals surface area contributed by atoms with E-state index >= 15 is 0 Å². The molecule has 132 valence electrons. The van der Waals surface area contributed by atoms with Crippen molar-refractivity contribution in [2.45, 2.75) is 13.1 Å². The van der Waals surface area contributed by atoms with Crippen LogP contribution < -0.4 is 4.90 Å². The van der Waals surface area contributed by atoms with E-state index in [1.54, 1.807) is 0 Å². The van der Waals surface area contributed by atoms with Gasteiger partial charge < -0.3 is 4.90 Å². The molecule has 0 saturated heterocycles. The molecule has 2 nitrogen and oxygen atoms in total. The zero-order chi connectivity index (χ0) is 18.3. The number of pyridine rings is 1. The molecule has 0 saturated carbocycles. The highest BCUT2D eigenvalue weighted by Gasteiger charge is 2.14. The van der Waals surface area contributed by atoms with Gasteiger partial charge in [0.15, 0.2) is 0 Å². The Kier molecular flexibility index (Phi) is 5.26. The lowest BCUT2D eigenvalue weighted by Crippen LogP contribution is -2.23. The molecule has 2 heteroatoms. The van der Waals surface area contributed by atoms with Gasteiger partial charge in [-0.15, -0.1) is 0 Å². The summed E-state index contributed by atoms with van der Waals surface area (Å²) in [6.45, 7) is 1.67. The Bertz CT molecular complexity index is 925. The lowest BCUT2D eigenvalue weighted by Gasteiger charge is -2.27. The molecule has 0 aliphatic rings. The predicted molar refractivity (Wildman–Crippen MR) is 112 cm³/mol. The van der Waals surface area contributed by atoms with Crippen molar-refractivity contribution >= 4 is 5.69 Å². The molecule has 1 heterocycles. The van der Waals surface area contributed by atoms with Crippen molar-refractivity contribution in [2.75, 3.05) is 4.90 Å². The number of nitrogens with zero attached hydrogens (tertiary/aromatic N) is 2. The molecular weight excluding hydrogens is 328 g/mol. The van der Waals surface area contributed by atoms with Gasteiger partial charge in [-0.2, -0.15) is 0 Å². The minimum absolute atomic E-state index is 0.835. The van der Waals surface area contributed by atoms with Crippen LogP contribution in [0.15, 0.2) is 109 Å². The van der Waals surface area contributed by atoms with Crippen LogP contribution in [0.2, 0.25) is 0 Å². The third kappa shape index (κ3) is 4.24. The minimum Gasteiger partial charge on any atom is -0.361 e. The molecular formula is C25H22N2. The van der Waals surface area contributed by atoms with Crippen LogP contribution in [0.3, 0.4) is 0 Å². The maximum absolute atomic E-state index is 4.43. The summed E-state index contributed by atoms with van der Waals surface area (Å²) >= 11 is 0. The van der Waals surface area contributed by atoms with Crippen LogP contribution in [-0.4, -0.2) is 4.98 Å². The van der Waals surface area contributed by atoms with E-state index in [2.05, 4.69) is 107 Å². The van der Waals surface area contributed by atoms with E-state index < -0.39 is 0 Å². The molecule has 3 aromatic carbocycles. The number of rotatable bonds is 6. The number of benzene rings is 3. The molecule has 0 aliphatic carbocycles. The first-order chi connectivity index (χ1) is 13.4. The highest BCUT2D eigenvalue weighted by atomic mass is 15.1. The maximum Gasteiger partial charge on any atom is 0.0638 e. The Morgan fingerprint density at radius 2 is 1.11 bits per heavy atom. The largest absolute Gasteiger partial charge is 0.361 e. The van der Waals surface area contributed by atoms with Gasteiger partial charge in [-0.05, 0) is 22.8 Å². The van der Waals surface area contributed by atoms with E-state index in [9.17, 15) is 0 Å². The Hall–Kier alpha value is -3.39. The maximum atomic E-state index is 4.43. The SMILES string of the molecule is c1ccc(CN(Cc2ccccc2)c2cnccc2-c2ccccc2)cc1. The molecule has 0 aliphatic heterocycles. The monoisotopic (exact) mass is 350 g/mol. The van der Waals surface area contributed by atoms with Gasteiger partial charge in [-0.25, -0.2) is 0 Å². The molecule has 0 fully saturated rings. The van der Waals surface area contributed by atoms with Gasteiger partial charge in [0.05, 0.1) is 11.9 Å². The molecule has 0 radical (unpaired) electrons. The zero-order valence-electron chi connectivity index (χ0n) is 15.2. The van der Waals surface area contributed by atoms with E-state index in [4.69, 9.17) is 0 Å². The summed E-state index contributed by atoms with van der Waals surface area (Å²) in [5.74, 6) is 0. The lowest BCUT2D eigenvalue weighted by atomic mass is 10.0. The van der Waals surface area contributed by atoms with Gasteiger partial charge >= 0.3 is 0 Å². The molecule has 1 aromatic heterocycles. The van der Waals surface area contributed by atoms with Crippen LogP contribution in [0.25, 0.3) is 11.1 Å². The van der Waals surface area contributed by atoms with Crippen molar-refractivity contribution in [1.82, 2.24) is 4.98 Å². The standard InChI is InChI=1S/C25H22N2/c1-4-10-21(11-5-1)19-27(20-22-12-6-2-7-13-22)25-18-26-17-16-24(25)23-14-8-3-9-15-23/h1-18H,19-20H2. The van der Waals surface area contributed by atoms with Crippen molar-refractivity contribution in [3.63, 3.8) is 0 Å². The van der Waals surface area contributed by atoms with Crippen molar-refractivity contribution in [3.05, 3.63) is 121 Å². The second kappa shape index (κ2) is 8.33. The third-order valence-electron chi connectivity index (χ3n) is 4.66. The summed E-state index contributed by atoms with van der Waals surface area (Å²) < 4.78 is 0. The first-order valence-corrected chi connectivity index (χ1v) is 9.22. The number of anilines is 1. The summed E-state index contributed by atoms with van der Waals surface area (Å²) in [5.41, 5.74) is 6.14. The molecule has 0 unspecified atom stereocenters. The number of aromatic nitrogens is 1. The van der Waals surface area contributed by atoms with E-state index in [-0.39, 0.29) is 0 Å². The summed E-state index contributed by atoms with van der Waals surface area (Å²) in [7, 11) is 0. The topological polar surface area (TPSA) is 16.1 Å². The fourth-order valence-corrected chi connectivity index (χ4v) is 3.33. The quantitative estimate of drug-likeness (QED) is 0.427. The normalized spacial score (nSPS) is 10.5. The third-order valence-corrected chi connectivity index (χ3v) is 4.66. The van der Waals surface area contributed by atoms with Gasteiger partial charge in [0.1, 0.15) is 0 Å². The van der Waals surface area contributed by atoms with Crippen molar-refractivity contribution in [2.24, 2.45) is 0 Å². The van der Waals surface area contributed by atoms with E-state index in [1.165, 1.54) is 22.3 Å².